The first-order chi connectivity index (χ1) is 5.13. The summed E-state index contributed by atoms with van der Waals surface area (Å²) in [6.45, 7) is 1.67. The number of aliphatic hydroxyl groups is 1. The van der Waals surface area contributed by atoms with Crippen LogP contribution < -0.4 is 0 Å². The molecule has 11 heavy (non-hydrogen) atoms. The quantitative estimate of drug-likeness (QED) is 0.627. The molecule has 1 aliphatic rings. The van der Waals surface area contributed by atoms with E-state index in [1.54, 1.807) is 6.92 Å². The molecule has 0 aromatic heterocycles. The van der Waals surface area contributed by atoms with Crippen LogP contribution in [-0.2, 0) is 4.79 Å². The molecule has 0 aromatic rings. The summed E-state index contributed by atoms with van der Waals surface area (Å²) in [6.07, 6.45) is 2.20. The van der Waals surface area contributed by atoms with Gasteiger partial charge >= 0.3 is 5.97 Å². The van der Waals surface area contributed by atoms with E-state index in [0.29, 0.717) is 0 Å². The highest BCUT2D eigenvalue weighted by molar-refractivity contribution is 5.70. The Morgan fingerprint density at radius 1 is 1.55 bits per heavy atom. The summed E-state index contributed by atoms with van der Waals surface area (Å²) in [5.74, 6) is -1.21. The highest BCUT2D eigenvalue weighted by Crippen LogP contribution is 2.31. The van der Waals surface area contributed by atoms with Gasteiger partial charge in [0.1, 0.15) is 0 Å². The number of hydrogen-bond acceptors (Lipinski definition) is 2. The monoisotopic (exact) mass is 158 g/mol. The lowest BCUT2D eigenvalue weighted by Gasteiger charge is -2.17. The van der Waals surface area contributed by atoms with Gasteiger partial charge in [0.05, 0.1) is 12.0 Å². The summed E-state index contributed by atoms with van der Waals surface area (Å²) in [5.41, 5.74) is 0. The molecule has 0 spiro atoms. The first-order valence-electron chi connectivity index (χ1n) is 4.04. The predicted octanol–water partition coefficient (Wildman–Crippen LogP) is 0.868. The molecule has 64 valence electrons. The lowest BCUT2D eigenvalue weighted by atomic mass is 9.91. The number of aliphatic carboxylic acids is 1. The second-order valence-corrected chi connectivity index (χ2v) is 3.29. The molecule has 3 atom stereocenters. The van der Waals surface area contributed by atoms with Gasteiger partial charge in [-0.05, 0) is 18.8 Å². The van der Waals surface area contributed by atoms with Gasteiger partial charge in [-0.3, -0.25) is 4.79 Å². The molecule has 0 saturated heterocycles. The highest BCUT2D eigenvalue weighted by atomic mass is 16.4. The van der Waals surface area contributed by atoms with Gasteiger partial charge in [-0.15, -0.1) is 0 Å². The number of carboxylic acid groups (broad SMARTS) is 1. The standard InChI is InChI=1S/C8H14O3/c1-5(8(10)11)6-3-2-4-7(6)9/h5-7,9H,2-4H2,1H3,(H,10,11)/t5-,6+,7+/m0/s1. The van der Waals surface area contributed by atoms with E-state index in [1.807, 2.05) is 0 Å². The summed E-state index contributed by atoms with van der Waals surface area (Å²) in [6, 6.07) is 0. The van der Waals surface area contributed by atoms with Crippen LogP contribution in [0.2, 0.25) is 0 Å². The molecule has 1 saturated carbocycles. The summed E-state index contributed by atoms with van der Waals surface area (Å²) >= 11 is 0. The van der Waals surface area contributed by atoms with E-state index in [2.05, 4.69) is 0 Å². The van der Waals surface area contributed by atoms with E-state index < -0.39 is 11.9 Å². The van der Waals surface area contributed by atoms with Crippen molar-refractivity contribution in [3.8, 4) is 0 Å². The van der Waals surface area contributed by atoms with Gasteiger partial charge in [-0.2, -0.15) is 0 Å². The normalized spacial score (nSPS) is 33.6. The Kier molecular flexibility index (Phi) is 2.49. The Labute approximate surface area is 66.0 Å². The lowest BCUT2D eigenvalue weighted by molar-refractivity contribution is -0.144. The zero-order chi connectivity index (χ0) is 8.43. The van der Waals surface area contributed by atoms with Gasteiger partial charge < -0.3 is 10.2 Å². The van der Waals surface area contributed by atoms with Crippen LogP contribution in [0.5, 0.6) is 0 Å². The van der Waals surface area contributed by atoms with Crippen molar-refractivity contribution >= 4 is 5.97 Å². The fraction of sp³-hybridized carbons (Fsp3) is 0.875. The van der Waals surface area contributed by atoms with E-state index >= 15 is 0 Å². The largest absolute Gasteiger partial charge is 0.481 e. The molecular weight excluding hydrogens is 144 g/mol. The Hall–Kier alpha value is -0.570. The molecule has 3 nitrogen and oxygen atoms in total. The van der Waals surface area contributed by atoms with Crippen LogP contribution in [0, 0.1) is 11.8 Å². The Morgan fingerprint density at radius 2 is 2.18 bits per heavy atom. The van der Waals surface area contributed by atoms with Crippen molar-refractivity contribution in [3.05, 3.63) is 0 Å². The average molecular weight is 158 g/mol. The topological polar surface area (TPSA) is 57.5 Å². The second-order valence-electron chi connectivity index (χ2n) is 3.29. The summed E-state index contributed by atoms with van der Waals surface area (Å²) in [7, 11) is 0. The molecule has 1 fully saturated rings. The van der Waals surface area contributed by atoms with Crippen LogP contribution in [0.3, 0.4) is 0 Å². The number of carbonyl (C=O) groups is 1. The Morgan fingerprint density at radius 3 is 2.55 bits per heavy atom. The molecule has 1 rings (SSSR count). The van der Waals surface area contributed by atoms with Crippen LogP contribution in [0.1, 0.15) is 26.2 Å². The summed E-state index contributed by atoms with van der Waals surface area (Å²) in [4.78, 5) is 10.5. The number of hydrogen-bond donors (Lipinski definition) is 2. The zero-order valence-corrected chi connectivity index (χ0v) is 6.66. The maximum atomic E-state index is 10.5. The number of rotatable bonds is 2. The van der Waals surface area contributed by atoms with Crippen molar-refractivity contribution in [2.45, 2.75) is 32.3 Å². The molecule has 0 aromatic carbocycles. The van der Waals surface area contributed by atoms with Gasteiger partial charge in [0, 0.05) is 0 Å². The first-order valence-corrected chi connectivity index (χ1v) is 4.04. The predicted molar refractivity (Wildman–Crippen MR) is 40.1 cm³/mol. The fourth-order valence-corrected chi connectivity index (χ4v) is 1.74. The van der Waals surface area contributed by atoms with Gasteiger partial charge in [0.2, 0.25) is 0 Å². The molecule has 0 aliphatic heterocycles. The highest BCUT2D eigenvalue weighted by Gasteiger charge is 2.33. The third-order valence-electron chi connectivity index (χ3n) is 2.56. The smallest absolute Gasteiger partial charge is 0.306 e. The molecule has 0 unspecified atom stereocenters. The van der Waals surface area contributed by atoms with Crippen molar-refractivity contribution in [1.29, 1.82) is 0 Å². The van der Waals surface area contributed by atoms with Crippen molar-refractivity contribution < 1.29 is 15.0 Å². The molecule has 0 bridgehead atoms. The van der Waals surface area contributed by atoms with Gasteiger partial charge in [-0.25, -0.2) is 0 Å². The SMILES string of the molecule is C[C@H](C(=O)O)[C@H]1CCC[C@H]1O. The third kappa shape index (κ3) is 1.71. The lowest BCUT2D eigenvalue weighted by Crippen LogP contribution is -2.26. The minimum Gasteiger partial charge on any atom is -0.481 e. The maximum absolute atomic E-state index is 10.5. The number of carboxylic acids is 1. The van der Waals surface area contributed by atoms with Crippen molar-refractivity contribution in [3.63, 3.8) is 0 Å². The molecule has 3 heteroatoms. The molecule has 0 radical (unpaired) electrons. The van der Waals surface area contributed by atoms with Crippen molar-refractivity contribution in [2.75, 3.05) is 0 Å². The minimum atomic E-state index is -0.795. The molecule has 2 N–H and O–H groups in total. The van der Waals surface area contributed by atoms with Crippen LogP contribution in [0.25, 0.3) is 0 Å². The van der Waals surface area contributed by atoms with Crippen LogP contribution in [-0.4, -0.2) is 22.3 Å². The molecule has 1 aliphatic carbocycles. The van der Waals surface area contributed by atoms with E-state index in [-0.39, 0.29) is 12.0 Å². The van der Waals surface area contributed by atoms with Gasteiger partial charge in [0.15, 0.2) is 0 Å². The van der Waals surface area contributed by atoms with E-state index in [0.717, 1.165) is 19.3 Å². The summed E-state index contributed by atoms with van der Waals surface area (Å²) < 4.78 is 0. The van der Waals surface area contributed by atoms with E-state index in [9.17, 15) is 9.90 Å². The van der Waals surface area contributed by atoms with Gasteiger partial charge in [0.25, 0.3) is 0 Å². The van der Waals surface area contributed by atoms with E-state index in [4.69, 9.17) is 5.11 Å². The molecule has 0 amide bonds. The molecular formula is C8H14O3. The summed E-state index contributed by atoms with van der Waals surface area (Å²) in [5, 5.41) is 18.0. The van der Waals surface area contributed by atoms with Crippen LogP contribution >= 0.6 is 0 Å². The minimum absolute atomic E-state index is 0.0208. The second kappa shape index (κ2) is 3.22. The maximum Gasteiger partial charge on any atom is 0.306 e. The zero-order valence-electron chi connectivity index (χ0n) is 6.66. The van der Waals surface area contributed by atoms with Crippen molar-refractivity contribution in [2.24, 2.45) is 11.8 Å². The van der Waals surface area contributed by atoms with Crippen LogP contribution in [0.15, 0.2) is 0 Å². The van der Waals surface area contributed by atoms with Gasteiger partial charge in [-0.1, -0.05) is 13.3 Å². The van der Waals surface area contributed by atoms with Crippen molar-refractivity contribution in [1.82, 2.24) is 0 Å². The fourth-order valence-electron chi connectivity index (χ4n) is 1.74. The third-order valence-corrected chi connectivity index (χ3v) is 2.56. The number of aliphatic hydroxyl groups excluding tert-OH is 1. The Balaban J connectivity index is 2.52. The first kappa shape index (κ1) is 8.53. The molecule has 0 heterocycles. The Bertz CT molecular complexity index is 155. The van der Waals surface area contributed by atoms with E-state index in [1.165, 1.54) is 0 Å². The average Bonchev–Trinajstić information content (AvgIpc) is 2.33. The van der Waals surface area contributed by atoms with Crippen LogP contribution in [0.4, 0.5) is 0 Å².